The average molecular weight is 380 g/mol. The molecule has 2 N–H and O–H groups in total. The fraction of sp³-hybridized carbons (Fsp3) is 0.476. The first-order chi connectivity index (χ1) is 13.8. The summed E-state index contributed by atoms with van der Waals surface area (Å²) in [7, 11) is 0. The molecule has 0 spiro atoms. The second-order valence-electron chi connectivity index (χ2n) is 7.47. The third kappa shape index (κ3) is 4.71. The van der Waals surface area contributed by atoms with Gasteiger partial charge in [0.1, 0.15) is 11.6 Å². The Morgan fingerprint density at radius 1 is 0.893 bits per heavy atom. The molecule has 2 aliphatic rings. The second-order valence-corrected chi connectivity index (χ2v) is 7.47. The molecule has 0 aliphatic carbocycles. The van der Waals surface area contributed by atoms with Crippen LogP contribution in [0, 0.1) is 0 Å². The van der Waals surface area contributed by atoms with Crippen molar-refractivity contribution in [2.45, 2.75) is 38.5 Å². The molecule has 1 aromatic heterocycles. The molecule has 2 aliphatic heterocycles. The minimum absolute atomic E-state index is 0.228. The molecular formula is C21H28N6O. The van der Waals surface area contributed by atoms with Gasteiger partial charge in [0.2, 0.25) is 5.95 Å². The third-order valence-corrected chi connectivity index (χ3v) is 5.28. The molecule has 2 fully saturated rings. The van der Waals surface area contributed by atoms with Gasteiger partial charge in [0, 0.05) is 32.2 Å². The fourth-order valence-electron chi connectivity index (χ4n) is 3.78. The number of phenols is 1. The first-order valence-corrected chi connectivity index (χ1v) is 10.2. The number of hydrazone groups is 1. The van der Waals surface area contributed by atoms with E-state index in [0.717, 1.165) is 43.5 Å². The van der Waals surface area contributed by atoms with Gasteiger partial charge in [-0.05, 0) is 56.2 Å². The molecule has 0 saturated carbocycles. The quantitative estimate of drug-likeness (QED) is 0.610. The van der Waals surface area contributed by atoms with Gasteiger partial charge < -0.3 is 14.9 Å². The lowest BCUT2D eigenvalue weighted by Crippen LogP contribution is -2.33. The van der Waals surface area contributed by atoms with Gasteiger partial charge in [-0.15, -0.1) is 0 Å². The zero-order chi connectivity index (χ0) is 19.2. The number of anilines is 3. The maximum atomic E-state index is 9.58. The number of piperidine rings is 2. The van der Waals surface area contributed by atoms with Crippen LogP contribution in [0.1, 0.15) is 44.1 Å². The van der Waals surface area contributed by atoms with Crippen LogP contribution in [0.2, 0.25) is 0 Å². The highest BCUT2D eigenvalue weighted by Gasteiger charge is 2.19. The molecule has 148 valence electrons. The van der Waals surface area contributed by atoms with Crippen LogP contribution in [0.5, 0.6) is 5.75 Å². The number of rotatable bonds is 5. The van der Waals surface area contributed by atoms with Crippen LogP contribution in [0.4, 0.5) is 17.6 Å². The fourth-order valence-corrected chi connectivity index (χ4v) is 3.78. The Morgan fingerprint density at radius 2 is 1.61 bits per heavy atom. The van der Waals surface area contributed by atoms with Crippen molar-refractivity contribution in [2.24, 2.45) is 5.10 Å². The maximum Gasteiger partial charge on any atom is 0.229 e. The van der Waals surface area contributed by atoms with Crippen molar-refractivity contribution in [1.82, 2.24) is 9.97 Å². The molecule has 1 aromatic carbocycles. The number of nitrogens with zero attached hydrogens (tertiary/aromatic N) is 5. The van der Waals surface area contributed by atoms with E-state index in [1.165, 1.54) is 38.5 Å². The predicted octanol–water partition coefficient (Wildman–Crippen LogP) is 3.61. The van der Waals surface area contributed by atoms with Gasteiger partial charge in [-0.3, -0.25) is 5.43 Å². The largest absolute Gasteiger partial charge is 0.508 e. The molecule has 2 aromatic rings. The van der Waals surface area contributed by atoms with E-state index in [4.69, 9.17) is 9.97 Å². The lowest BCUT2D eigenvalue weighted by Gasteiger charge is -2.31. The summed E-state index contributed by atoms with van der Waals surface area (Å²) >= 11 is 0. The smallest absolute Gasteiger partial charge is 0.229 e. The summed E-state index contributed by atoms with van der Waals surface area (Å²) in [6.45, 7) is 4.11. The minimum atomic E-state index is 0.228. The maximum absolute atomic E-state index is 9.58. The van der Waals surface area contributed by atoms with Gasteiger partial charge in [-0.25, -0.2) is 0 Å². The summed E-state index contributed by atoms with van der Waals surface area (Å²) in [5.74, 6) is 2.70. The highest BCUT2D eigenvalue weighted by Crippen LogP contribution is 2.25. The normalized spacial score (nSPS) is 17.9. The van der Waals surface area contributed by atoms with Gasteiger partial charge in [-0.2, -0.15) is 15.1 Å². The first-order valence-electron chi connectivity index (χ1n) is 10.2. The molecule has 0 amide bonds. The summed E-state index contributed by atoms with van der Waals surface area (Å²) in [4.78, 5) is 14.2. The van der Waals surface area contributed by atoms with Crippen LogP contribution < -0.4 is 15.2 Å². The van der Waals surface area contributed by atoms with Gasteiger partial charge in [-0.1, -0.05) is 12.1 Å². The van der Waals surface area contributed by atoms with E-state index < -0.39 is 0 Å². The number of hydrogen-bond acceptors (Lipinski definition) is 7. The molecular weight excluding hydrogens is 352 g/mol. The van der Waals surface area contributed by atoms with Crippen LogP contribution in [-0.2, 0) is 0 Å². The van der Waals surface area contributed by atoms with Crippen molar-refractivity contribution >= 4 is 23.8 Å². The van der Waals surface area contributed by atoms with Crippen LogP contribution in [0.15, 0.2) is 35.4 Å². The monoisotopic (exact) mass is 380 g/mol. The number of aromatic hydroxyl groups is 1. The van der Waals surface area contributed by atoms with Crippen molar-refractivity contribution in [2.75, 3.05) is 41.4 Å². The number of benzene rings is 1. The predicted molar refractivity (Wildman–Crippen MR) is 113 cm³/mol. The highest BCUT2D eigenvalue weighted by molar-refractivity contribution is 5.80. The van der Waals surface area contributed by atoms with Gasteiger partial charge in [0.05, 0.1) is 6.21 Å². The van der Waals surface area contributed by atoms with E-state index in [0.29, 0.717) is 5.82 Å². The molecule has 3 heterocycles. The Labute approximate surface area is 166 Å². The summed E-state index contributed by atoms with van der Waals surface area (Å²) in [6.07, 6.45) is 9.05. The summed E-state index contributed by atoms with van der Waals surface area (Å²) in [5.41, 5.74) is 3.88. The molecule has 2 saturated heterocycles. The van der Waals surface area contributed by atoms with Gasteiger partial charge >= 0.3 is 0 Å². The Kier molecular flexibility index (Phi) is 5.89. The van der Waals surface area contributed by atoms with Crippen molar-refractivity contribution in [1.29, 1.82) is 0 Å². The second kappa shape index (κ2) is 8.91. The van der Waals surface area contributed by atoms with Crippen molar-refractivity contribution < 1.29 is 5.11 Å². The summed E-state index contributed by atoms with van der Waals surface area (Å²) in [6, 6.07) is 8.99. The lowest BCUT2D eigenvalue weighted by atomic mass is 10.1. The van der Waals surface area contributed by atoms with E-state index in [-0.39, 0.29) is 5.75 Å². The summed E-state index contributed by atoms with van der Waals surface area (Å²) < 4.78 is 0. The topological polar surface area (TPSA) is 76.9 Å². The molecule has 0 unspecified atom stereocenters. The first kappa shape index (κ1) is 18.5. The Hall–Kier alpha value is -2.83. The van der Waals surface area contributed by atoms with Crippen LogP contribution in [0.3, 0.4) is 0 Å². The molecule has 4 rings (SSSR count). The zero-order valence-corrected chi connectivity index (χ0v) is 16.2. The Bertz CT molecular complexity index is 776. The molecule has 0 bridgehead atoms. The van der Waals surface area contributed by atoms with Crippen molar-refractivity contribution in [3.63, 3.8) is 0 Å². The Morgan fingerprint density at radius 3 is 2.32 bits per heavy atom. The van der Waals surface area contributed by atoms with Crippen LogP contribution in [0.25, 0.3) is 0 Å². The van der Waals surface area contributed by atoms with E-state index in [2.05, 4.69) is 20.3 Å². The lowest BCUT2D eigenvalue weighted by molar-refractivity contribution is 0.475. The SMILES string of the molecule is Oc1cccc(/C=N\Nc2cc(N3CCCCC3)nc(N3CCCCC3)n2)c1. The average Bonchev–Trinajstić information content (AvgIpc) is 2.75. The number of hydrogen-bond donors (Lipinski definition) is 2. The van der Waals surface area contributed by atoms with Gasteiger partial charge in [0.15, 0.2) is 5.82 Å². The number of nitrogens with one attached hydrogen (secondary N) is 1. The van der Waals surface area contributed by atoms with Crippen molar-refractivity contribution in [3.8, 4) is 5.75 Å². The van der Waals surface area contributed by atoms with E-state index in [1.54, 1.807) is 24.4 Å². The van der Waals surface area contributed by atoms with E-state index in [9.17, 15) is 5.11 Å². The molecule has 28 heavy (non-hydrogen) atoms. The zero-order valence-electron chi connectivity index (χ0n) is 16.2. The molecule has 7 nitrogen and oxygen atoms in total. The van der Waals surface area contributed by atoms with Crippen LogP contribution in [-0.4, -0.2) is 47.5 Å². The highest BCUT2D eigenvalue weighted by atomic mass is 16.3. The van der Waals surface area contributed by atoms with Gasteiger partial charge in [0.25, 0.3) is 0 Å². The van der Waals surface area contributed by atoms with Crippen LogP contribution >= 0.6 is 0 Å². The standard InChI is InChI=1S/C21H28N6O/c28-18-9-7-8-17(14-18)16-22-25-19-15-20(26-10-3-1-4-11-26)24-21(23-19)27-12-5-2-6-13-27/h7-9,14-16,28H,1-6,10-13H2,(H,23,24,25)/b22-16-. The molecule has 7 heteroatoms. The minimum Gasteiger partial charge on any atom is -0.508 e. The third-order valence-electron chi connectivity index (χ3n) is 5.28. The van der Waals surface area contributed by atoms with Crippen molar-refractivity contribution in [3.05, 3.63) is 35.9 Å². The van der Waals surface area contributed by atoms with E-state index >= 15 is 0 Å². The van der Waals surface area contributed by atoms with E-state index in [1.807, 2.05) is 12.1 Å². The Balaban J connectivity index is 1.55. The number of phenolic OH excluding ortho intramolecular Hbond substituents is 1. The summed E-state index contributed by atoms with van der Waals surface area (Å²) in [5, 5.41) is 13.9. The molecule has 0 radical (unpaired) electrons. The number of aromatic nitrogens is 2. The molecule has 0 atom stereocenters.